The number of likely N-dealkylation sites (tertiary alicyclic amines) is 1. The third-order valence-corrected chi connectivity index (χ3v) is 4.87. The van der Waals surface area contributed by atoms with Gasteiger partial charge in [0.2, 0.25) is 5.91 Å². The number of nitrogens with one attached hydrogen (secondary N) is 1. The molecule has 2 atom stereocenters. The third kappa shape index (κ3) is 3.48. The van der Waals surface area contributed by atoms with Crippen molar-refractivity contribution in [2.75, 3.05) is 26.2 Å². The first-order valence-corrected chi connectivity index (χ1v) is 8.51. The summed E-state index contributed by atoms with van der Waals surface area (Å²) in [5.41, 5.74) is 0. The number of piperidine rings is 2. The Balaban J connectivity index is 1.59. The molecular weight excluding hydrogens is 278 g/mol. The van der Waals surface area contributed by atoms with Crippen molar-refractivity contribution in [1.82, 2.24) is 25.0 Å². The molecule has 1 aromatic rings. The van der Waals surface area contributed by atoms with Crippen LogP contribution >= 0.6 is 0 Å². The van der Waals surface area contributed by atoms with Crippen molar-refractivity contribution in [3.63, 3.8) is 0 Å². The predicted octanol–water partition coefficient (Wildman–Crippen LogP) is 1.13. The van der Waals surface area contributed by atoms with E-state index < -0.39 is 0 Å². The van der Waals surface area contributed by atoms with Gasteiger partial charge in [0.25, 0.3) is 0 Å². The number of aromatic nitrogens is 3. The van der Waals surface area contributed by atoms with Gasteiger partial charge in [-0.25, -0.2) is 9.67 Å². The van der Waals surface area contributed by atoms with Crippen LogP contribution in [0.25, 0.3) is 0 Å². The molecule has 6 nitrogen and oxygen atoms in total. The van der Waals surface area contributed by atoms with Crippen LogP contribution in [0.4, 0.5) is 0 Å². The van der Waals surface area contributed by atoms with Crippen molar-refractivity contribution >= 4 is 5.91 Å². The number of aryl methyl sites for hydroxylation is 2. The Hall–Kier alpha value is -1.43. The van der Waals surface area contributed by atoms with E-state index in [4.69, 9.17) is 0 Å². The maximum atomic E-state index is 12.7. The Labute approximate surface area is 132 Å². The number of hydrogen-bond donors (Lipinski definition) is 1. The summed E-state index contributed by atoms with van der Waals surface area (Å²) in [7, 11) is 0. The molecule has 2 fully saturated rings. The van der Waals surface area contributed by atoms with Crippen LogP contribution in [-0.2, 0) is 11.3 Å². The van der Waals surface area contributed by atoms with Gasteiger partial charge in [0.1, 0.15) is 11.6 Å². The van der Waals surface area contributed by atoms with Gasteiger partial charge in [-0.3, -0.25) is 4.79 Å². The lowest BCUT2D eigenvalue weighted by Gasteiger charge is -2.36. The minimum atomic E-state index is 0.183. The van der Waals surface area contributed by atoms with E-state index in [2.05, 4.69) is 20.3 Å². The molecule has 0 radical (unpaired) electrons. The standard InChI is InChI=1S/C16H27N5O/c1-12-18-13(2)21(19-12)11-14-5-4-8-20(10-14)16(22)15-6-3-7-17-9-15/h14-15,17H,3-11H2,1-2H3. The molecule has 0 aromatic carbocycles. The van der Waals surface area contributed by atoms with E-state index in [9.17, 15) is 4.79 Å². The minimum absolute atomic E-state index is 0.183. The maximum absolute atomic E-state index is 12.7. The van der Waals surface area contributed by atoms with E-state index >= 15 is 0 Å². The van der Waals surface area contributed by atoms with Crippen molar-refractivity contribution < 1.29 is 4.79 Å². The van der Waals surface area contributed by atoms with E-state index in [1.165, 1.54) is 6.42 Å². The van der Waals surface area contributed by atoms with E-state index in [-0.39, 0.29) is 5.92 Å². The highest BCUT2D eigenvalue weighted by Gasteiger charge is 2.30. The molecule has 22 heavy (non-hydrogen) atoms. The maximum Gasteiger partial charge on any atom is 0.226 e. The van der Waals surface area contributed by atoms with Crippen LogP contribution in [0.1, 0.15) is 37.3 Å². The minimum Gasteiger partial charge on any atom is -0.342 e. The first-order valence-electron chi connectivity index (χ1n) is 8.51. The van der Waals surface area contributed by atoms with Crippen LogP contribution in [0, 0.1) is 25.7 Å². The molecule has 1 N–H and O–H groups in total. The lowest BCUT2D eigenvalue weighted by molar-refractivity contribution is -0.138. The van der Waals surface area contributed by atoms with E-state index in [1.54, 1.807) is 0 Å². The van der Waals surface area contributed by atoms with Crippen LogP contribution in [0.15, 0.2) is 0 Å². The Kier molecular flexibility index (Phi) is 4.76. The fourth-order valence-corrected chi connectivity index (χ4v) is 3.71. The van der Waals surface area contributed by atoms with Crippen molar-refractivity contribution in [3.05, 3.63) is 11.6 Å². The quantitative estimate of drug-likeness (QED) is 0.909. The van der Waals surface area contributed by atoms with Crippen molar-refractivity contribution in [2.24, 2.45) is 11.8 Å². The Morgan fingerprint density at radius 3 is 2.86 bits per heavy atom. The molecule has 6 heteroatoms. The first kappa shape index (κ1) is 15.5. The van der Waals surface area contributed by atoms with Gasteiger partial charge in [0.05, 0.1) is 5.92 Å². The Bertz CT molecular complexity index is 521. The Morgan fingerprint density at radius 1 is 1.32 bits per heavy atom. The van der Waals surface area contributed by atoms with Gasteiger partial charge in [-0.2, -0.15) is 5.10 Å². The van der Waals surface area contributed by atoms with Gasteiger partial charge < -0.3 is 10.2 Å². The van der Waals surface area contributed by atoms with Gasteiger partial charge in [0.15, 0.2) is 0 Å². The van der Waals surface area contributed by atoms with Crippen molar-refractivity contribution in [3.8, 4) is 0 Å². The van der Waals surface area contributed by atoms with Crippen molar-refractivity contribution in [2.45, 2.75) is 46.1 Å². The van der Waals surface area contributed by atoms with Crippen LogP contribution in [0.3, 0.4) is 0 Å². The summed E-state index contributed by atoms with van der Waals surface area (Å²) in [5.74, 6) is 2.83. The van der Waals surface area contributed by atoms with Crippen LogP contribution in [-0.4, -0.2) is 51.8 Å². The molecule has 0 spiro atoms. The van der Waals surface area contributed by atoms with E-state index in [0.717, 1.165) is 63.6 Å². The summed E-state index contributed by atoms with van der Waals surface area (Å²) in [4.78, 5) is 19.1. The molecule has 1 amide bonds. The summed E-state index contributed by atoms with van der Waals surface area (Å²) in [6.45, 7) is 8.49. The first-order chi connectivity index (χ1) is 10.6. The second-order valence-corrected chi connectivity index (χ2v) is 6.72. The van der Waals surface area contributed by atoms with Crippen molar-refractivity contribution in [1.29, 1.82) is 0 Å². The number of amides is 1. The third-order valence-electron chi connectivity index (χ3n) is 4.87. The van der Waals surface area contributed by atoms with Gasteiger partial charge >= 0.3 is 0 Å². The number of carbonyl (C=O) groups excluding carboxylic acids is 1. The van der Waals surface area contributed by atoms with E-state index in [1.807, 2.05) is 18.5 Å². The zero-order chi connectivity index (χ0) is 15.5. The summed E-state index contributed by atoms with van der Waals surface area (Å²) >= 11 is 0. The summed E-state index contributed by atoms with van der Waals surface area (Å²) < 4.78 is 2.00. The SMILES string of the molecule is Cc1nc(C)n(CC2CCCN(C(=O)C3CCCNC3)C2)n1. The molecule has 3 rings (SSSR count). The molecule has 2 unspecified atom stereocenters. The molecule has 122 valence electrons. The molecule has 2 saturated heterocycles. The fraction of sp³-hybridized carbons (Fsp3) is 0.812. The lowest BCUT2D eigenvalue weighted by atomic mass is 9.93. The van der Waals surface area contributed by atoms with Crippen LogP contribution in [0.2, 0.25) is 0 Å². The summed E-state index contributed by atoms with van der Waals surface area (Å²) in [6, 6.07) is 0. The molecule has 2 aliphatic heterocycles. The normalized spacial score (nSPS) is 26.2. The smallest absolute Gasteiger partial charge is 0.226 e. The largest absolute Gasteiger partial charge is 0.342 e. The molecule has 0 aliphatic carbocycles. The second kappa shape index (κ2) is 6.77. The number of hydrogen-bond acceptors (Lipinski definition) is 4. The van der Waals surface area contributed by atoms with Gasteiger partial charge in [0, 0.05) is 26.2 Å². The number of rotatable bonds is 3. The lowest BCUT2D eigenvalue weighted by Crippen LogP contribution is -2.47. The van der Waals surface area contributed by atoms with E-state index in [0.29, 0.717) is 11.8 Å². The highest BCUT2D eigenvalue weighted by molar-refractivity contribution is 5.79. The molecule has 2 aliphatic rings. The number of nitrogens with zero attached hydrogens (tertiary/aromatic N) is 4. The average molecular weight is 305 g/mol. The molecule has 0 saturated carbocycles. The highest BCUT2D eigenvalue weighted by atomic mass is 16.2. The van der Waals surface area contributed by atoms with Crippen LogP contribution in [0.5, 0.6) is 0 Å². The zero-order valence-corrected chi connectivity index (χ0v) is 13.7. The molecule has 3 heterocycles. The monoisotopic (exact) mass is 305 g/mol. The summed E-state index contributed by atoms with van der Waals surface area (Å²) in [6.07, 6.45) is 4.42. The van der Waals surface area contributed by atoms with Gasteiger partial charge in [-0.1, -0.05) is 0 Å². The van der Waals surface area contributed by atoms with Gasteiger partial charge in [-0.05, 0) is 52.0 Å². The molecule has 0 bridgehead atoms. The highest BCUT2D eigenvalue weighted by Crippen LogP contribution is 2.22. The van der Waals surface area contributed by atoms with Gasteiger partial charge in [-0.15, -0.1) is 0 Å². The second-order valence-electron chi connectivity index (χ2n) is 6.72. The Morgan fingerprint density at radius 2 is 2.18 bits per heavy atom. The average Bonchev–Trinajstić information content (AvgIpc) is 2.85. The molecule has 1 aromatic heterocycles. The number of carbonyl (C=O) groups is 1. The zero-order valence-electron chi connectivity index (χ0n) is 13.7. The van der Waals surface area contributed by atoms with Crippen LogP contribution < -0.4 is 5.32 Å². The molecular formula is C16H27N5O. The summed E-state index contributed by atoms with van der Waals surface area (Å²) in [5, 5.41) is 7.80. The fourth-order valence-electron chi connectivity index (χ4n) is 3.71. The predicted molar refractivity (Wildman–Crippen MR) is 84.4 cm³/mol. The topological polar surface area (TPSA) is 63.1 Å².